The van der Waals surface area contributed by atoms with Crippen LogP contribution in [0.4, 0.5) is 0 Å². The largest absolute Gasteiger partial charge is 0.477 e. The van der Waals surface area contributed by atoms with E-state index in [4.69, 9.17) is 4.74 Å². The Labute approximate surface area is 153 Å². The molecule has 0 radical (unpaired) electrons. The lowest BCUT2D eigenvalue weighted by molar-refractivity contribution is 0.0994. The highest BCUT2D eigenvalue weighted by atomic mass is 16.5. The Kier molecular flexibility index (Phi) is 6.44. The zero-order valence-electron chi connectivity index (χ0n) is 14.7. The van der Waals surface area contributed by atoms with Gasteiger partial charge in [0.25, 0.3) is 0 Å². The Morgan fingerprint density at radius 2 is 1.88 bits per heavy atom. The van der Waals surface area contributed by atoms with Gasteiger partial charge in [0, 0.05) is 12.6 Å². The maximum Gasteiger partial charge on any atom is 0.213 e. The van der Waals surface area contributed by atoms with Crippen LogP contribution in [-0.2, 0) is 6.54 Å². The average Bonchev–Trinajstić information content (AvgIpc) is 2.69. The number of rotatable bonds is 8. The van der Waals surface area contributed by atoms with Gasteiger partial charge in [-0.25, -0.2) is 4.98 Å². The third kappa shape index (κ3) is 5.20. The van der Waals surface area contributed by atoms with Gasteiger partial charge in [-0.05, 0) is 43.5 Å². The summed E-state index contributed by atoms with van der Waals surface area (Å²) in [7, 11) is 0. The smallest absolute Gasteiger partial charge is 0.213 e. The lowest BCUT2D eigenvalue weighted by atomic mass is 9.97. The molecule has 2 heterocycles. The van der Waals surface area contributed by atoms with E-state index < -0.39 is 6.54 Å². The predicted molar refractivity (Wildman–Crippen MR) is 99.2 cm³/mol. The second-order valence-electron chi connectivity index (χ2n) is 6.59. The van der Waals surface area contributed by atoms with E-state index in [1.807, 2.05) is 6.07 Å². The summed E-state index contributed by atoms with van der Waals surface area (Å²) in [5.74, 6) is 0.521. The van der Waals surface area contributed by atoms with Crippen molar-refractivity contribution < 1.29 is 9.53 Å². The minimum atomic E-state index is -0.393. The number of aromatic nitrogens is 1. The molecule has 6 nitrogen and oxygen atoms in total. The minimum absolute atomic E-state index is 0.222. The SMILES string of the molecule is O=NCC(=O)c1cccc(OCC2CCN(Cc3ccccc3)CC2)n1. The van der Waals surface area contributed by atoms with Gasteiger partial charge in [0.2, 0.25) is 11.7 Å². The molecule has 0 aliphatic carbocycles. The van der Waals surface area contributed by atoms with Crippen LogP contribution < -0.4 is 4.74 Å². The molecule has 6 heteroatoms. The fourth-order valence-corrected chi connectivity index (χ4v) is 3.15. The quantitative estimate of drug-likeness (QED) is 0.538. The number of Topliss-reactive ketones (excluding diaryl/α,β-unsaturated/α-hetero) is 1. The van der Waals surface area contributed by atoms with E-state index in [1.165, 1.54) is 5.56 Å². The van der Waals surface area contributed by atoms with Gasteiger partial charge < -0.3 is 4.74 Å². The summed E-state index contributed by atoms with van der Waals surface area (Å²) in [6.07, 6.45) is 2.17. The molecular formula is C20H23N3O3. The first kappa shape index (κ1) is 18.2. The number of carbonyl (C=O) groups is 1. The number of nitrogens with zero attached hydrogens (tertiary/aromatic N) is 3. The van der Waals surface area contributed by atoms with Crippen LogP contribution in [0.15, 0.2) is 53.7 Å². The van der Waals surface area contributed by atoms with Gasteiger partial charge in [-0.15, -0.1) is 0 Å². The number of pyridine rings is 1. The van der Waals surface area contributed by atoms with Crippen LogP contribution in [0.25, 0.3) is 0 Å². The highest BCUT2D eigenvalue weighted by Gasteiger charge is 2.20. The molecule has 3 rings (SSSR count). The van der Waals surface area contributed by atoms with Crippen LogP contribution in [0.2, 0.25) is 0 Å². The zero-order chi connectivity index (χ0) is 18.2. The Morgan fingerprint density at radius 3 is 2.62 bits per heavy atom. The average molecular weight is 353 g/mol. The fraction of sp³-hybridized carbons (Fsp3) is 0.400. The van der Waals surface area contributed by atoms with Crippen LogP contribution in [0.1, 0.15) is 28.9 Å². The van der Waals surface area contributed by atoms with Crippen molar-refractivity contribution >= 4 is 5.78 Å². The Morgan fingerprint density at radius 1 is 1.12 bits per heavy atom. The molecule has 1 aromatic heterocycles. The maximum atomic E-state index is 11.7. The Bertz CT molecular complexity index is 728. The van der Waals surface area contributed by atoms with Crippen molar-refractivity contribution in [2.45, 2.75) is 19.4 Å². The van der Waals surface area contributed by atoms with Gasteiger partial charge in [-0.3, -0.25) is 9.69 Å². The van der Waals surface area contributed by atoms with E-state index in [9.17, 15) is 9.70 Å². The molecular weight excluding hydrogens is 330 g/mol. The molecule has 26 heavy (non-hydrogen) atoms. The van der Waals surface area contributed by atoms with Gasteiger partial charge in [0.1, 0.15) is 12.2 Å². The minimum Gasteiger partial charge on any atom is -0.477 e. The summed E-state index contributed by atoms with van der Waals surface area (Å²) in [6, 6.07) is 15.5. The van der Waals surface area contributed by atoms with Crippen molar-refractivity contribution in [3.8, 4) is 5.88 Å². The number of hydrogen-bond acceptors (Lipinski definition) is 6. The lowest BCUT2D eigenvalue weighted by Crippen LogP contribution is -2.35. The van der Waals surface area contributed by atoms with Crippen molar-refractivity contribution in [1.29, 1.82) is 0 Å². The normalized spacial score (nSPS) is 15.5. The summed E-state index contributed by atoms with van der Waals surface area (Å²) >= 11 is 0. The van der Waals surface area contributed by atoms with Crippen LogP contribution in [0.3, 0.4) is 0 Å². The molecule has 136 valence electrons. The molecule has 0 spiro atoms. The molecule has 0 bridgehead atoms. The van der Waals surface area contributed by atoms with Crippen molar-refractivity contribution in [1.82, 2.24) is 9.88 Å². The van der Waals surface area contributed by atoms with E-state index in [1.54, 1.807) is 18.2 Å². The molecule has 1 aromatic carbocycles. The topological polar surface area (TPSA) is 71.9 Å². The number of carbonyl (C=O) groups excluding carboxylic acids is 1. The fourth-order valence-electron chi connectivity index (χ4n) is 3.15. The lowest BCUT2D eigenvalue weighted by Gasteiger charge is -2.31. The van der Waals surface area contributed by atoms with Crippen LogP contribution in [0, 0.1) is 10.8 Å². The third-order valence-corrected chi connectivity index (χ3v) is 4.64. The predicted octanol–water partition coefficient (Wildman–Crippen LogP) is 3.32. The van der Waals surface area contributed by atoms with E-state index in [-0.39, 0.29) is 11.5 Å². The van der Waals surface area contributed by atoms with Crippen molar-refractivity contribution in [3.63, 3.8) is 0 Å². The van der Waals surface area contributed by atoms with Crippen LogP contribution in [0.5, 0.6) is 5.88 Å². The Balaban J connectivity index is 1.44. The van der Waals surface area contributed by atoms with E-state index in [0.29, 0.717) is 18.4 Å². The van der Waals surface area contributed by atoms with Crippen molar-refractivity contribution in [2.75, 3.05) is 26.2 Å². The van der Waals surface area contributed by atoms with Gasteiger partial charge in [-0.1, -0.05) is 41.6 Å². The van der Waals surface area contributed by atoms with E-state index in [0.717, 1.165) is 32.5 Å². The first-order chi connectivity index (χ1) is 12.7. The molecule has 0 saturated carbocycles. The monoisotopic (exact) mass is 353 g/mol. The summed E-state index contributed by atoms with van der Waals surface area (Å²) in [4.78, 5) is 28.5. The third-order valence-electron chi connectivity index (χ3n) is 4.64. The number of benzene rings is 1. The number of ketones is 1. The maximum absolute atomic E-state index is 11.7. The summed E-state index contributed by atoms with van der Waals surface area (Å²) < 4.78 is 5.78. The number of hydrogen-bond donors (Lipinski definition) is 0. The first-order valence-electron chi connectivity index (χ1n) is 8.93. The highest BCUT2D eigenvalue weighted by Crippen LogP contribution is 2.20. The van der Waals surface area contributed by atoms with Crippen molar-refractivity contribution in [2.24, 2.45) is 11.1 Å². The number of ether oxygens (including phenoxy) is 1. The molecule has 1 aliphatic rings. The molecule has 0 amide bonds. The number of nitroso groups, excluding NO2 is 1. The molecule has 2 aromatic rings. The summed E-state index contributed by atoms with van der Waals surface area (Å²) in [5, 5.41) is 2.61. The van der Waals surface area contributed by atoms with Gasteiger partial charge in [0.15, 0.2) is 0 Å². The zero-order valence-corrected chi connectivity index (χ0v) is 14.7. The first-order valence-corrected chi connectivity index (χ1v) is 8.93. The van der Waals surface area contributed by atoms with E-state index in [2.05, 4.69) is 39.3 Å². The highest BCUT2D eigenvalue weighted by molar-refractivity contribution is 5.95. The summed E-state index contributed by atoms with van der Waals surface area (Å²) in [6.45, 7) is 3.30. The van der Waals surface area contributed by atoms with Crippen molar-refractivity contribution in [3.05, 3.63) is 64.7 Å². The van der Waals surface area contributed by atoms with Gasteiger partial charge in [-0.2, -0.15) is 4.91 Å². The molecule has 0 atom stereocenters. The summed E-state index contributed by atoms with van der Waals surface area (Å²) in [5.41, 5.74) is 1.57. The number of likely N-dealkylation sites (tertiary alicyclic amines) is 1. The molecule has 1 saturated heterocycles. The molecule has 0 N–H and O–H groups in total. The second-order valence-corrected chi connectivity index (χ2v) is 6.59. The number of piperidine rings is 1. The van der Waals surface area contributed by atoms with Gasteiger partial charge in [0.05, 0.1) is 6.61 Å². The van der Waals surface area contributed by atoms with E-state index >= 15 is 0 Å². The Hall–Kier alpha value is -2.60. The second kappa shape index (κ2) is 9.20. The standard InChI is InChI=1S/C20H23N3O3/c24-19(13-21-25)18-7-4-8-20(22-18)26-15-17-9-11-23(12-10-17)14-16-5-2-1-3-6-16/h1-8,17H,9-15H2. The molecule has 1 fully saturated rings. The molecule has 1 aliphatic heterocycles. The van der Waals surface area contributed by atoms with Gasteiger partial charge >= 0.3 is 0 Å². The van der Waals surface area contributed by atoms with Crippen LogP contribution in [-0.4, -0.2) is 41.9 Å². The van der Waals surface area contributed by atoms with Crippen LogP contribution >= 0.6 is 0 Å². The molecule has 0 unspecified atom stereocenters.